The molecule has 1 aliphatic heterocycles. The first-order valence-corrected chi connectivity index (χ1v) is 5.97. The summed E-state index contributed by atoms with van der Waals surface area (Å²) < 4.78 is 0. The Morgan fingerprint density at radius 2 is 2.06 bits per heavy atom. The van der Waals surface area contributed by atoms with E-state index >= 15 is 0 Å². The first-order chi connectivity index (χ1) is 7.63. The van der Waals surface area contributed by atoms with E-state index in [4.69, 9.17) is 11.6 Å². The summed E-state index contributed by atoms with van der Waals surface area (Å²) >= 11 is 5.89. The zero-order valence-corrected chi connectivity index (χ0v) is 10.5. The maximum atomic E-state index is 5.89. The van der Waals surface area contributed by atoms with Crippen LogP contribution in [-0.4, -0.2) is 41.0 Å². The number of hydrogen-bond donors (Lipinski definition) is 1. The molecule has 16 heavy (non-hydrogen) atoms. The average molecular weight is 241 g/mol. The number of halogens is 1. The molecule has 1 aliphatic rings. The second-order valence-corrected chi connectivity index (χ2v) is 4.73. The van der Waals surface area contributed by atoms with Gasteiger partial charge >= 0.3 is 0 Å². The molecular formula is C11H17ClN4. The molecule has 2 rings (SSSR count). The molecule has 0 aliphatic carbocycles. The van der Waals surface area contributed by atoms with Crippen molar-refractivity contribution in [1.29, 1.82) is 0 Å². The number of likely N-dealkylation sites (tertiary alicyclic amines) is 1. The third-order valence-electron chi connectivity index (χ3n) is 2.88. The van der Waals surface area contributed by atoms with Gasteiger partial charge in [-0.2, -0.15) is 0 Å². The lowest BCUT2D eigenvalue weighted by Gasteiger charge is -2.29. The van der Waals surface area contributed by atoms with E-state index in [0.29, 0.717) is 17.0 Å². The third kappa shape index (κ3) is 3.06. The van der Waals surface area contributed by atoms with Gasteiger partial charge in [0.25, 0.3) is 0 Å². The molecule has 88 valence electrons. The molecule has 1 saturated heterocycles. The van der Waals surface area contributed by atoms with Crippen LogP contribution in [0.5, 0.6) is 0 Å². The fraction of sp³-hybridized carbons (Fsp3) is 0.636. The number of rotatable bonds is 2. The maximum absolute atomic E-state index is 5.89. The van der Waals surface area contributed by atoms with Gasteiger partial charge in [-0.25, -0.2) is 9.97 Å². The largest absolute Gasteiger partial charge is 0.367 e. The van der Waals surface area contributed by atoms with Crippen LogP contribution in [0.2, 0.25) is 5.15 Å². The van der Waals surface area contributed by atoms with Crippen molar-refractivity contribution in [1.82, 2.24) is 14.9 Å². The summed E-state index contributed by atoms with van der Waals surface area (Å²) in [4.78, 5) is 10.7. The lowest BCUT2D eigenvalue weighted by Crippen LogP contribution is -2.36. The molecule has 0 spiro atoms. The van der Waals surface area contributed by atoms with Crippen LogP contribution in [0.4, 0.5) is 5.82 Å². The summed E-state index contributed by atoms with van der Waals surface area (Å²) in [5.41, 5.74) is 0. The average Bonchev–Trinajstić information content (AvgIpc) is 2.20. The van der Waals surface area contributed by atoms with Crippen LogP contribution in [0.25, 0.3) is 0 Å². The first kappa shape index (κ1) is 11.6. The lowest BCUT2D eigenvalue weighted by molar-refractivity contribution is 0.263. The van der Waals surface area contributed by atoms with Crippen LogP contribution in [0.15, 0.2) is 6.07 Å². The highest BCUT2D eigenvalue weighted by Gasteiger charge is 2.16. The predicted molar refractivity (Wildman–Crippen MR) is 65.9 cm³/mol. The standard InChI is InChI=1S/C11H17ClN4/c1-8-13-10(12)7-11(14-8)15-9-3-5-16(2)6-4-9/h7,9H,3-6H2,1-2H3,(H,13,14,15). The highest BCUT2D eigenvalue weighted by Crippen LogP contribution is 2.16. The normalized spacial score (nSPS) is 18.7. The van der Waals surface area contributed by atoms with E-state index in [0.717, 1.165) is 31.7 Å². The van der Waals surface area contributed by atoms with Crippen LogP contribution in [0.3, 0.4) is 0 Å². The Morgan fingerprint density at radius 1 is 1.38 bits per heavy atom. The lowest BCUT2D eigenvalue weighted by atomic mass is 10.1. The highest BCUT2D eigenvalue weighted by atomic mass is 35.5. The molecule has 5 heteroatoms. The van der Waals surface area contributed by atoms with Crippen molar-refractivity contribution >= 4 is 17.4 Å². The minimum Gasteiger partial charge on any atom is -0.367 e. The van der Waals surface area contributed by atoms with Crippen molar-refractivity contribution in [2.75, 3.05) is 25.5 Å². The van der Waals surface area contributed by atoms with E-state index in [1.54, 1.807) is 6.07 Å². The number of hydrogen-bond acceptors (Lipinski definition) is 4. The van der Waals surface area contributed by atoms with E-state index in [1.165, 1.54) is 0 Å². The summed E-state index contributed by atoms with van der Waals surface area (Å²) in [6.45, 7) is 4.12. The summed E-state index contributed by atoms with van der Waals surface area (Å²) in [6, 6.07) is 2.29. The molecule has 0 atom stereocenters. The molecular weight excluding hydrogens is 224 g/mol. The fourth-order valence-corrected chi connectivity index (χ4v) is 2.19. The van der Waals surface area contributed by atoms with Crippen molar-refractivity contribution in [2.45, 2.75) is 25.8 Å². The van der Waals surface area contributed by atoms with E-state index < -0.39 is 0 Å². The minimum absolute atomic E-state index is 0.501. The Bertz CT molecular complexity index is 341. The van der Waals surface area contributed by atoms with Crippen molar-refractivity contribution in [3.63, 3.8) is 0 Å². The molecule has 0 bridgehead atoms. The van der Waals surface area contributed by atoms with Gasteiger partial charge in [-0.05, 0) is 39.9 Å². The molecule has 0 unspecified atom stereocenters. The van der Waals surface area contributed by atoms with Crippen LogP contribution in [0, 0.1) is 6.92 Å². The van der Waals surface area contributed by atoms with Gasteiger partial charge in [0.15, 0.2) is 0 Å². The van der Waals surface area contributed by atoms with Gasteiger partial charge in [-0.1, -0.05) is 11.6 Å². The molecule has 1 N–H and O–H groups in total. The monoisotopic (exact) mass is 240 g/mol. The minimum atomic E-state index is 0.501. The van der Waals surface area contributed by atoms with Gasteiger partial charge in [-0.15, -0.1) is 0 Å². The number of aromatic nitrogens is 2. The molecule has 1 aromatic rings. The molecule has 4 nitrogen and oxygen atoms in total. The molecule has 1 aromatic heterocycles. The number of piperidine rings is 1. The van der Waals surface area contributed by atoms with Crippen molar-refractivity contribution in [3.05, 3.63) is 17.0 Å². The smallest absolute Gasteiger partial charge is 0.134 e. The van der Waals surface area contributed by atoms with Gasteiger partial charge < -0.3 is 10.2 Å². The molecule has 0 aromatic carbocycles. The van der Waals surface area contributed by atoms with Crippen molar-refractivity contribution in [2.24, 2.45) is 0 Å². The van der Waals surface area contributed by atoms with Crippen LogP contribution in [0.1, 0.15) is 18.7 Å². The predicted octanol–water partition coefficient (Wildman–Crippen LogP) is 1.94. The van der Waals surface area contributed by atoms with Crippen LogP contribution >= 0.6 is 11.6 Å². The van der Waals surface area contributed by atoms with E-state index in [9.17, 15) is 0 Å². The SMILES string of the molecule is Cc1nc(Cl)cc(NC2CCN(C)CC2)n1. The van der Waals surface area contributed by atoms with Gasteiger partial charge in [0.1, 0.15) is 16.8 Å². The van der Waals surface area contributed by atoms with Gasteiger partial charge in [0.05, 0.1) is 0 Å². The second-order valence-electron chi connectivity index (χ2n) is 4.35. The van der Waals surface area contributed by atoms with E-state index in [1.807, 2.05) is 6.92 Å². The van der Waals surface area contributed by atoms with Crippen LogP contribution < -0.4 is 5.32 Å². The van der Waals surface area contributed by atoms with Crippen molar-refractivity contribution < 1.29 is 0 Å². The van der Waals surface area contributed by atoms with Gasteiger partial charge in [0, 0.05) is 12.1 Å². The molecule has 0 saturated carbocycles. The first-order valence-electron chi connectivity index (χ1n) is 5.60. The summed E-state index contributed by atoms with van der Waals surface area (Å²) in [5, 5.41) is 3.92. The fourth-order valence-electron chi connectivity index (χ4n) is 1.97. The topological polar surface area (TPSA) is 41.1 Å². The number of aryl methyl sites for hydroxylation is 1. The quantitative estimate of drug-likeness (QED) is 0.803. The number of nitrogens with one attached hydrogen (secondary N) is 1. The molecule has 2 heterocycles. The Kier molecular flexibility index (Phi) is 3.61. The molecule has 1 fully saturated rings. The second kappa shape index (κ2) is 4.97. The third-order valence-corrected chi connectivity index (χ3v) is 3.07. The van der Waals surface area contributed by atoms with Gasteiger partial charge in [0.2, 0.25) is 0 Å². The summed E-state index contributed by atoms with van der Waals surface area (Å²) in [5.74, 6) is 1.55. The summed E-state index contributed by atoms with van der Waals surface area (Å²) in [7, 11) is 2.15. The summed E-state index contributed by atoms with van der Waals surface area (Å²) in [6.07, 6.45) is 2.30. The Hall–Kier alpha value is -0.870. The Morgan fingerprint density at radius 3 is 2.69 bits per heavy atom. The number of anilines is 1. The highest BCUT2D eigenvalue weighted by molar-refractivity contribution is 6.29. The molecule has 0 amide bonds. The number of nitrogens with zero attached hydrogens (tertiary/aromatic N) is 3. The zero-order chi connectivity index (χ0) is 11.5. The zero-order valence-electron chi connectivity index (χ0n) is 9.70. The Labute approximate surface area is 101 Å². The van der Waals surface area contributed by atoms with Crippen LogP contribution in [-0.2, 0) is 0 Å². The van der Waals surface area contributed by atoms with E-state index in [-0.39, 0.29) is 0 Å². The van der Waals surface area contributed by atoms with E-state index in [2.05, 4.69) is 27.2 Å². The van der Waals surface area contributed by atoms with Gasteiger partial charge in [-0.3, -0.25) is 0 Å². The van der Waals surface area contributed by atoms with Crippen molar-refractivity contribution in [3.8, 4) is 0 Å². The Balaban J connectivity index is 1.98. The maximum Gasteiger partial charge on any atom is 0.134 e. The molecule has 0 radical (unpaired) electrons.